The van der Waals surface area contributed by atoms with Gasteiger partial charge in [-0.15, -0.1) is 0 Å². The highest BCUT2D eigenvalue weighted by molar-refractivity contribution is 6.99. The smallest absolute Gasteiger partial charge is 0.261 e. The average Bonchev–Trinajstić information content (AvgIpc) is 3.11. The van der Waals surface area contributed by atoms with E-state index in [4.69, 9.17) is 4.43 Å². The molecule has 1 fully saturated rings. The Morgan fingerprint density at radius 3 is 1.84 bits per heavy atom. The molecule has 1 aliphatic heterocycles. The van der Waals surface area contributed by atoms with E-state index in [1.54, 1.807) is 0 Å². The van der Waals surface area contributed by atoms with Crippen LogP contribution in [0, 0.1) is 0 Å². The SMILES string of the molecule is CC(C)(C)N1CCCC1(C)CCCO[Si](c1ccccc1)(c1ccccc1)C(C)(C)C. The Bertz CT molecular complexity index is 782. The summed E-state index contributed by atoms with van der Waals surface area (Å²) in [5.41, 5.74) is 0.511. The highest BCUT2D eigenvalue weighted by Crippen LogP contribution is 2.40. The van der Waals surface area contributed by atoms with Crippen molar-refractivity contribution in [1.29, 1.82) is 0 Å². The van der Waals surface area contributed by atoms with Crippen molar-refractivity contribution in [2.75, 3.05) is 13.2 Å². The standard InChI is InChI=1S/C28H43NOSi/c1-26(2,3)29-22-14-20-28(29,7)21-15-23-30-31(27(4,5)6,24-16-10-8-11-17-24)25-18-12-9-13-19-25/h8-13,16-19H,14-15,20-23H2,1-7H3. The van der Waals surface area contributed by atoms with Gasteiger partial charge in [0.05, 0.1) is 0 Å². The molecule has 0 aliphatic carbocycles. The summed E-state index contributed by atoms with van der Waals surface area (Å²) in [7, 11) is -2.42. The molecule has 0 aromatic heterocycles. The molecule has 2 aromatic rings. The highest BCUT2D eigenvalue weighted by atomic mass is 28.4. The van der Waals surface area contributed by atoms with Crippen molar-refractivity contribution in [1.82, 2.24) is 4.90 Å². The summed E-state index contributed by atoms with van der Waals surface area (Å²) < 4.78 is 7.11. The highest BCUT2D eigenvalue weighted by Gasteiger charge is 2.50. The molecule has 1 aliphatic rings. The fourth-order valence-corrected chi connectivity index (χ4v) is 10.5. The van der Waals surface area contributed by atoms with Gasteiger partial charge in [0, 0.05) is 17.7 Å². The molecule has 3 rings (SSSR count). The Kier molecular flexibility index (Phi) is 7.20. The lowest BCUT2D eigenvalue weighted by atomic mass is 9.89. The first-order chi connectivity index (χ1) is 14.5. The molecular weight excluding hydrogens is 394 g/mol. The van der Waals surface area contributed by atoms with E-state index in [1.165, 1.54) is 36.2 Å². The molecule has 3 heteroatoms. The van der Waals surface area contributed by atoms with E-state index in [2.05, 4.69) is 114 Å². The molecule has 0 radical (unpaired) electrons. The largest absolute Gasteiger partial charge is 0.407 e. The zero-order valence-corrected chi connectivity index (χ0v) is 21.9. The van der Waals surface area contributed by atoms with Crippen LogP contribution in [0.4, 0.5) is 0 Å². The van der Waals surface area contributed by atoms with Crippen molar-refractivity contribution < 1.29 is 4.43 Å². The van der Waals surface area contributed by atoms with Gasteiger partial charge in [0.15, 0.2) is 0 Å². The predicted molar refractivity (Wildman–Crippen MR) is 137 cm³/mol. The van der Waals surface area contributed by atoms with Crippen LogP contribution in [0.5, 0.6) is 0 Å². The number of hydrogen-bond donors (Lipinski definition) is 0. The second kappa shape index (κ2) is 9.21. The number of nitrogens with zero attached hydrogens (tertiary/aromatic N) is 1. The van der Waals surface area contributed by atoms with Crippen LogP contribution in [0.1, 0.15) is 74.1 Å². The van der Waals surface area contributed by atoms with Crippen LogP contribution in [-0.4, -0.2) is 37.4 Å². The van der Waals surface area contributed by atoms with Crippen LogP contribution in [0.15, 0.2) is 60.7 Å². The third-order valence-corrected chi connectivity index (χ3v) is 12.2. The number of likely N-dealkylation sites (tertiary alicyclic amines) is 1. The van der Waals surface area contributed by atoms with E-state index >= 15 is 0 Å². The molecule has 1 atom stereocenters. The van der Waals surface area contributed by atoms with Crippen LogP contribution >= 0.6 is 0 Å². The Morgan fingerprint density at radius 2 is 1.39 bits per heavy atom. The van der Waals surface area contributed by atoms with E-state index in [9.17, 15) is 0 Å². The Morgan fingerprint density at radius 1 is 0.871 bits per heavy atom. The van der Waals surface area contributed by atoms with E-state index in [-0.39, 0.29) is 16.1 Å². The first-order valence-electron chi connectivity index (χ1n) is 12.0. The van der Waals surface area contributed by atoms with E-state index < -0.39 is 8.32 Å². The van der Waals surface area contributed by atoms with Crippen molar-refractivity contribution in [3.05, 3.63) is 60.7 Å². The summed E-state index contributed by atoms with van der Waals surface area (Å²) in [5, 5.41) is 2.79. The van der Waals surface area contributed by atoms with Crippen molar-refractivity contribution in [3.8, 4) is 0 Å². The van der Waals surface area contributed by atoms with Crippen LogP contribution in [0.2, 0.25) is 5.04 Å². The van der Waals surface area contributed by atoms with Gasteiger partial charge in [-0.3, -0.25) is 4.90 Å². The molecule has 0 spiro atoms. The van der Waals surface area contributed by atoms with Gasteiger partial charge in [0.25, 0.3) is 8.32 Å². The van der Waals surface area contributed by atoms with Crippen molar-refractivity contribution >= 4 is 18.7 Å². The number of rotatable bonds is 7. The van der Waals surface area contributed by atoms with Gasteiger partial charge >= 0.3 is 0 Å². The summed E-state index contributed by atoms with van der Waals surface area (Å²) in [6.45, 7) is 18.7. The lowest BCUT2D eigenvalue weighted by Crippen LogP contribution is -2.66. The van der Waals surface area contributed by atoms with Crippen LogP contribution in [0.3, 0.4) is 0 Å². The van der Waals surface area contributed by atoms with Gasteiger partial charge < -0.3 is 4.43 Å². The summed E-state index contributed by atoms with van der Waals surface area (Å²) in [6, 6.07) is 22.0. The first kappa shape index (κ1) is 24.2. The van der Waals surface area contributed by atoms with E-state index in [0.717, 1.165) is 13.0 Å². The van der Waals surface area contributed by atoms with Crippen molar-refractivity contribution in [2.24, 2.45) is 0 Å². The minimum absolute atomic E-state index is 0.0460. The second-order valence-corrected chi connectivity index (χ2v) is 15.8. The summed E-state index contributed by atoms with van der Waals surface area (Å²) in [6.07, 6.45) is 4.91. The molecule has 0 amide bonds. The van der Waals surface area contributed by atoms with Crippen LogP contribution in [0.25, 0.3) is 0 Å². The fraction of sp³-hybridized carbons (Fsp3) is 0.571. The van der Waals surface area contributed by atoms with Gasteiger partial charge in [-0.25, -0.2) is 0 Å². The van der Waals surface area contributed by atoms with Crippen LogP contribution in [-0.2, 0) is 4.43 Å². The molecule has 0 N–H and O–H groups in total. The predicted octanol–water partition coefficient (Wildman–Crippen LogP) is 6.00. The molecule has 1 unspecified atom stereocenters. The molecule has 1 saturated heterocycles. The normalized spacial score (nSPS) is 20.9. The molecule has 0 saturated carbocycles. The zero-order valence-electron chi connectivity index (χ0n) is 20.9. The summed E-state index contributed by atoms with van der Waals surface area (Å²) in [4.78, 5) is 2.73. The van der Waals surface area contributed by atoms with Gasteiger partial charge in [-0.05, 0) is 75.3 Å². The molecule has 2 nitrogen and oxygen atoms in total. The molecule has 2 aromatic carbocycles. The van der Waals surface area contributed by atoms with Gasteiger partial charge in [-0.1, -0.05) is 81.4 Å². The van der Waals surface area contributed by atoms with E-state index in [1.807, 2.05) is 0 Å². The van der Waals surface area contributed by atoms with Gasteiger partial charge in [0.1, 0.15) is 0 Å². The lowest BCUT2D eigenvalue weighted by Gasteiger charge is -2.45. The maximum atomic E-state index is 7.11. The summed E-state index contributed by atoms with van der Waals surface area (Å²) in [5.74, 6) is 0. The number of hydrogen-bond acceptors (Lipinski definition) is 2. The third kappa shape index (κ3) is 4.99. The summed E-state index contributed by atoms with van der Waals surface area (Å²) >= 11 is 0. The topological polar surface area (TPSA) is 12.5 Å². The maximum absolute atomic E-state index is 7.11. The number of benzene rings is 2. The second-order valence-electron chi connectivity index (χ2n) is 11.5. The van der Waals surface area contributed by atoms with Crippen LogP contribution < -0.4 is 10.4 Å². The van der Waals surface area contributed by atoms with Crippen molar-refractivity contribution in [2.45, 2.75) is 90.3 Å². The van der Waals surface area contributed by atoms with Crippen molar-refractivity contribution in [3.63, 3.8) is 0 Å². The molecule has 170 valence electrons. The molecule has 31 heavy (non-hydrogen) atoms. The maximum Gasteiger partial charge on any atom is 0.261 e. The Labute approximate surface area is 192 Å². The molecule has 0 bridgehead atoms. The fourth-order valence-electron chi connectivity index (χ4n) is 5.87. The Hall–Kier alpha value is -1.42. The minimum Gasteiger partial charge on any atom is -0.407 e. The zero-order chi connectivity index (χ0) is 22.8. The minimum atomic E-state index is -2.42. The van der Waals surface area contributed by atoms with Gasteiger partial charge in [0.2, 0.25) is 0 Å². The average molecular weight is 438 g/mol. The van der Waals surface area contributed by atoms with Gasteiger partial charge in [-0.2, -0.15) is 0 Å². The first-order valence-corrected chi connectivity index (χ1v) is 13.9. The van der Waals surface area contributed by atoms with E-state index in [0.29, 0.717) is 0 Å². The third-order valence-electron chi connectivity index (χ3n) is 7.15. The molecular formula is C28H43NOSi. The quantitative estimate of drug-likeness (QED) is 0.389. The molecule has 1 heterocycles. The Balaban J connectivity index is 1.84. The monoisotopic (exact) mass is 437 g/mol. The lowest BCUT2D eigenvalue weighted by molar-refractivity contribution is 0.0452.